The van der Waals surface area contributed by atoms with E-state index in [2.05, 4.69) is 5.32 Å². The number of ether oxygens (including phenoxy) is 1. The highest BCUT2D eigenvalue weighted by atomic mass is 16.5. The zero-order valence-corrected chi connectivity index (χ0v) is 7.80. The summed E-state index contributed by atoms with van der Waals surface area (Å²) in [5, 5.41) is 2.74. The second-order valence-electron chi connectivity index (χ2n) is 2.34. The van der Waals surface area contributed by atoms with E-state index in [-0.39, 0.29) is 12.5 Å². The number of allylic oxidation sites excluding steroid dienone is 1. The number of hydrogen-bond acceptors (Lipinski definition) is 2. The lowest BCUT2D eigenvalue weighted by Gasteiger charge is -2.02. The third-order valence-electron chi connectivity index (χ3n) is 1.31. The Kier molecular flexibility index (Phi) is 7.70. The summed E-state index contributed by atoms with van der Waals surface area (Å²) in [6.07, 6.45) is 4.87. The van der Waals surface area contributed by atoms with Crippen molar-refractivity contribution in [1.82, 2.24) is 5.32 Å². The molecule has 0 aliphatic rings. The summed E-state index contributed by atoms with van der Waals surface area (Å²) in [5.74, 6) is -0.0404. The van der Waals surface area contributed by atoms with Gasteiger partial charge < -0.3 is 10.1 Å². The lowest BCUT2D eigenvalue weighted by Crippen LogP contribution is -2.28. The van der Waals surface area contributed by atoms with Gasteiger partial charge in [0.1, 0.15) is 6.61 Å². The summed E-state index contributed by atoms with van der Waals surface area (Å²) in [4.78, 5) is 10.9. The highest BCUT2D eigenvalue weighted by molar-refractivity contribution is 5.77. The minimum atomic E-state index is -0.0404. The van der Waals surface area contributed by atoms with Crippen LogP contribution < -0.4 is 5.32 Å². The molecule has 0 aliphatic heterocycles. The highest BCUT2D eigenvalue weighted by Crippen LogP contribution is 1.80. The number of hydrogen-bond donors (Lipinski definition) is 1. The SMILES string of the molecule is C/C=C/CCNC(=O)COCC. The molecule has 12 heavy (non-hydrogen) atoms. The fourth-order valence-electron chi connectivity index (χ4n) is 0.707. The number of carbonyl (C=O) groups excluding carboxylic acids is 1. The van der Waals surface area contributed by atoms with Crippen molar-refractivity contribution in [3.8, 4) is 0 Å². The van der Waals surface area contributed by atoms with Gasteiger partial charge in [-0.3, -0.25) is 4.79 Å². The quantitative estimate of drug-likeness (QED) is 0.480. The van der Waals surface area contributed by atoms with Gasteiger partial charge in [-0.1, -0.05) is 12.2 Å². The first kappa shape index (κ1) is 11.2. The number of amides is 1. The van der Waals surface area contributed by atoms with Crippen LogP contribution in [0.25, 0.3) is 0 Å². The maximum Gasteiger partial charge on any atom is 0.246 e. The number of rotatable bonds is 6. The average molecular weight is 171 g/mol. The summed E-state index contributed by atoms with van der Waals surface area (Å²) >= 11 is 0. The topological polar surface area (TPSA) is 38.3 Å². The molecule has 0 bridgehead atoms. The van der Waals surface area contributed by atoms with Crippen LogP contribution in [0.5, 0.6) is 0 Å². The molecule has 0 radical (unpaired) electrons. The summed E-state index contributed by atoms with van der Waals surface area (Å²) in [7, 11) is 0. The van der Waals surface area contributed by atoms with E-state index >= 15 is 0 Å². The molecule has 1 amide bonds. The molecule has 1 N–H and O–H groups in total. The Hall–Kier alpha value is -0.830. The van der Waals surface area contributed by atoms with Gasteiger partial charge in [0.25, 0.3) is 0 Å². The predicted molar refractivity (Wildman–Crippen MR) is 48.9 cm³/mol. The number of carbonyl (C=O) groups is 1. The number of nitrogens with one attached hydrogen (secondary N) is 1. The van der Waals surface area contributed by atoms with Crippen LogP contribution in [-0.4, -0.2) is 25.7 Å². The first-order chi connectivity index (χ1) is 5.81. The van der Waals surface area contributed by atoms with Crippen molar-refractivity contribution in [3.05, 3.63) is 12.2 Å². The van der Waals surface area contributed by atoms with Crippen LogP contribution in [0.4, 0.5) is 0 Å². The van der Waals surface area contributed by atoms with E-state index < -0.39 is 0 Å². The largest absolute Gasteiger partial charge is 0.372 e. The molecule has 0 aromatic rings. The van der Waals surface area contributed by atoms with Crippen molar-refractivity contribution in [2.75, 3.05) is 19.8 Å². The monoisotopic (exact) mass is 171 g/mol. The standard InChI is InChI=1S/C9H17NO2/c1-3-5-6-7-10-9(11)8-12-4-2/h3,5H,4,6-8H2,1-2H3,(H,10,11)/b5-3+. The lowest BCUT2D eigenvalue weighted by molar-refractivity contribution is -0.125. The molecular formula is C9H17NO2. The van der Waals surface area contributed by atoms with E-state index in [1.54, 1.807) is 0 Å². The fraction of sp³-hybridized carbons (Fsp3) is 0.667. The molecular weight excluding hydrogens is 154 g/mol. The lowest BCUT2D eigenvalue weighted by atomic mass is 10.4. The molecule has 0 fully saturated rings. The Morgan fingerprint density at radius 3 is 2.92 bits per heavy atom. The van der Waals surface area contributed by atoms with E-state index in [1.807, 2.05) is 26.0 Å². The van der Waals surface area contributed by atoms with E-state index in [0.717, 1.165) is 6.42 Å². The molecule has 0 rings (SSSR count). The van der Waals surface area contributed by atoms with Gasteiger partial charge in [0.15, 0.2) is 0 Å². The van der Waals surface area contributed by atoms with E-state index in [9.17, 15) is 4.79 Å². The molecule has 3 heteroatoms. The molecule has 0 saturated heterocycles. The maximum atomic E-state index is 10.9. The molecule has 0 aromatic heterocycles. The van der Waals surface area contributed by atoms with Crippen molar-refractivity contribution >= 4 is 5.91 Å². The summed E-state index contributed by atoms with van der Waals surface area (Å²) in [6.45, 7) is 5.28. The second-order valence-corrected chi connectivity index (χ2v) is 2.34. The fourth-order valence-corrected chi connectivity index (χ4v) is 0.707. The molecule has 70 valence electrons. The van der Waals surface area contributed by atoms with Gasteiger partial charge in [0.2, 0.25) is 5.91 Å². The van der Waals surface area contributed by atoms with E-state index in [1.165, 1.54) is 0 Å². The highest BCUT2D eigenvalue weighted by Gasteiger charge is 1.96. The van der Waals surface area contributed by atoms with Crippen molar-refractivity contribution in [3.63, 3.8) is 0 Å². The molecule has 0 aromatic carbocycles. The van der Waals surface area contributed by atoms with Crippen LogP contribution in [0.15, 0.2) is 12.2 Å². The molecule has 3 nitrogen and oxygen atoms in total. The summed E-state index contributed by atoms with van der Waals surface area (Å²) < 4.78 is 4.92. The van der Waals surface area contributed by atoms with Crippen LogP contribution in [0.1, 0.15) is 20.3 Å². The van der Waals surface area contributed by atoms with Crippen molar-refractivity contribution in [2.45, 2.75) is 20.3 Å². The zero-order chi connectivity index (χ0) is 9.23. The van der Waals surface area contributed by atoms with Gasteiger partial charge >= 0.3 is 0 Å². The normalized spacial score (nSPS) is 10.5. The Balaban J connectivity index is 3.19. The van der Waals surface area contributed by atoms with Gasteiger partial charge in [-0.25, -0.2) is 0 Å². The van der Waals surface area contributed by atoms with Gasteiger partial charge in [0, 0.05) is 13.2 Å². The third-order valence-corrected chi connectivity index (χ3v) is 1.31. The maximum absolute atomic E-state index is 10.9. The molecule has 0 atom stereocenters. The minimum absolute atomic E-state index is 0.0404. The Bertz CT molecular complexity index is 143. The van der Waals surface area contributed by atoms with Crippen molar-refractivity contribution in [1.29, 1.82) is 0 Å². The van der Waals surface area contributed by atoms with Crippen LogP contribution in [0.3, 0.4) is 0 Å². The minimum Gasteiger partial charge on any atom is -0.372 e. The average Bonchev–Trinajstić information content (AvgIpc) is 2.09. The van der Waals surface area contributed by atoms with Crippen LogP contribution >= 0.6 is 0 Å². The molecule has 0 unspecified atom stereocenters. The van der Waals surface area contributed by atoms with Gasteiger partial charge in [-0.15, -0.1) is 0 Å². The Morgan fingerprint density at radius 2 is 2.33 bits per heavy atom. The smallest absolute Gasteiger partial charge is 0.246 e. The first-order valence-electron chi connectivity index (χ1n) is 4.26. The van der Waals surface area contributed by atoms with Crippen LogP contribution in [0, 0.1) is 0 Å². The molecule has 0 saturated carbocycles. The Labute approximate surface area is 73.8 Å². The predicted octanol–water partition coefficient (Wildman–Crippen LogP) is 1.11. The Morgan fingerprint density at radius 1 is 1.58 bits per heavy atom. The van der Waals surface area contributed by atoms with Gasteiger partial charge in [-0.05, 0) is 20.3 Å². The molecule has 0 aliphatic carbocycles. The summed E-state index contributed by atoms with van der Waals surface area (Å²) in [5.41, 5.74) is 0. The van der Waals surface area contributed by atoms with Crippen LogP contribution in [0.2, 0.25) is 0 Å². The van der Waals surface area contributed by atoms with Crippen molar-refractivity contribution in [2.24, 2.45) is 0 Å². The zero-order valence-electron chi connectivity index (χ0n) is 7.80. The van der Waals surface area contributed by atoms with Crippen molar-refractivity contribution < 1.29 is 9.53 Å². The van der Waals surface area contributed by atoms with Gasteiger partial charge in [0.05, 0.1) is 0 Å². The first-order valence-corrected chi connectivity index (χ1v) is 4.26. The van der Waals surface area contributed by atoms with E-state index in [0.29, 0.717) is 13.2 Å². The third kappa shape index (κ3) is 7.28. The van der Waals surface area contributed by atoms with E-state index in [4.69, 9.17) is 4.74 Å². The molecule has 0 heterocycles. The summed E-state index contributed by atoms with van der Waals surface area (Å²) in [6, 6.07) is 0. The molecule has 0 spiro atoms. The van der Waals surface area contributed by atoms with Crippen LogP contribution in [-0.2, 0) is 9.53 Å². The van der Waals surface area contributed by atoms with Gasteiger partial charge in [-0.2, -0.15) is 0 Å². The second kappa shape index (κ2) is 8.27.